The Kier molecular flexibility index (Phi) is 9.89. The molecule has 1 aromatic rings. The number of nitro benzene ring substituents is 1. The van der Waals surface area contributed by atoms with Gasteiger partial charge in [-0.15, -0.1) is 12.4 Å². The number of halogens is 1. The van der Waals surface area contributed by atoms with Crippen LogP contribution in [0.3, 0.4) is 0 Å². The Bertz CT molecular complexity index is 467. The molecule has 0 fully saturated rings. The minimum Gasteiger partial charge on any atom is -0.494 e. The van der Waals surface area contributed by atoms with Crippen LogP contribution in [-0.2, 0) is 4.79 Å². The van der Waals surface area contributed by atoms with E-state index in [0.29, 0.717) is 25.3 Å². The van der Waals surface area contributed by atoms with Crippen LogP contribution in [0.1, 0.15) is 19.8 Å². The Balaban J connectivity index is 0.00000441. The molecule has 0 spiro atoms. The molecule has 0 aliphatic carbocycles. The highest BCUT2D eigenvalue weighted by Gasteiger charge is 2.08. The number of nitrogens with zero attached hydrogens (tertiary/aromatic N) is 2. The Morgan fingerprint density at radius 2 is 1.95 bits per heavy atom. The molecule has 1 rings (SSSR count). The van der Waals surface area contributed by atoms with E-state index in [1.54, 1.807) is 12.1 Å². The minimum atomic E-state index is -0.834. The van der Waals surface area contributed by atoms with Crippen molar-refractivity contribution in [3.63, 3.8) is 0 Å². The van der Waals surface area contributed by atoms with Gasteiger partial charge in [-0.05, 0) is 31.5 Å². The summed E-state index contributed by atoms with van der Waals surface area (Å²) in [6.07, 6.45) is 1.60. The molecule has 0 saturated carbocycles. The summed E-state index contributed by atoms with van der Waals surface area (Å²) in [5.41, 5.74) is 0.0259. The van der Waals surface area contributed by atoms with Crippen molar-refractivity contribution in [3.8, 4) is 5.75 Å². The predicted molar refractivity (Wildman–Crippen MR) is 84.8 cm³/mol. The van der Waals surface area contributed by atoms with Crippen molar-refractivity contribution in [3.05, 3.63) is 34.4 Å². The monoisotopic (exact) mass is 332 g/mol. The normalized spacial score (nSPS) is 10.1. The lowest BCUT2D eigenvalue weighted by Crippen LogP contribution is -2.32. The first kappa shape index (κ1) is 20.1. The Morgan fingerprint density at radius 1 is 1.32 bits per heavy atom. The molecule has 0 radical (unpaired) electrons. The van der Waals surface area contributed by atoms with Crippen LogP contribution in [0.5, 0.6) is 5.75 Å². The number of nitro groups is 1. The van der Waals surface area contributed by atoms with E-state index in [-0.39, 0.29) is 24.6 Å². The first-order chi connectivity index (χ1) is 10.0. The van der Waals surface area contributed by atoms with Crippen LogP contribution in [0.2, 0.25) is 0 Å². The van der Waals surface area contributed by atoms with E-state index in [2.05, 4.69) is 0 Å². The molecule has 0 saturated heterocycles. The zero-order valence-corrected chi connectivity index (χ0v) is 13.3. The fourth-order valence-corrected chi connectivity index (χ4v) is 1.92. The Hall–Kier alpha value is -1.86. The van der Waals surface area contributed by atoms with Crippen molar-refractivity contribution >= 4 is 24.1 Å². The molecule has 1 N–H and O–H groups in total. The van der Waals surface area contributed by atoms with Gasteiger partial charge in [-0.2, -0.15) is 0 Å². The van der Waals surface area contributed by atoms with Crippen LogP contribution in [0.4, 0.5) is 5.69 Å². The summed E-state index contributed by atoms with van der Waals surface area (Å²) < 4.78 is 5.48. The van der Waals surface area contributed by atoms with Crippen LogP contribution in [0.15, 0.2) is 24.3 Å². The number of carboxylic acid groups (broad SMARTS) is 1. The highest BCUT2D eigenvalue weighted by atomic mass is 35.5. The van der Waals surface area contributed by atoms with Gasteiger partial charge in [-0.3, -0.25) is 19.8 Å². The quantitative estimate of drug-likeness (QED) is 0.402. The number of carboxylic acids is 1. The van der Waals surface area contributed by atoms with E-state index in [9.17, 15) is 14.9 Å². The molecule has 0 unspecified atom stereocenters. The number of aliphatic carboxylic acids is 1. The third-order valence-electron chi connectivity index (χ3n) is 2.83. The molecule has 0 heterocycles. The first-order valence-corrected chi connectivity index (χ1v) is 6.84. The molecule has 0 aromatic heterocycles. The van der Waals surface area contributed by atoms with Crippen LogP contribution < -0.4 is 4.74 Å². The lowest BCUT2D eigenvalue weighted by atomic mass is 10.3. The average molecular weight is 333 g/mol. The second-order valence-corrected chi connectivity index (χ2v) is 4.62. The number of ether oxygens (including phenoxy) is 1. The van der Waals surface area contributed by atoms with Crippen LogP contribution in [0.25, 0.3) is 0 Å². The number of rotatable bonds is 10. The summed E-state index contributed by atoms with van der Waals surface area (Å²) in [7, 11) is 0. The largest absolute Gasteiger partial charge is 0.494 e. The van der Waals surface area contributed by atoms with E-state index < -0.39 is 10.9 Å². The van der Waals surface area contributed by atoms with Crippen molar-refractivity contribution in [1.82, 2.24) is 4.90 Å². The van der Waals surface area contributed by atoms with Gasteiger partial charge >= 0.3 is 5.97 Å². The van der Waals surface area contributed by atoms with E-state index in [1.807, 2.05) is 11.8 Å². The molecule has 124 valence electrons. The maximum atomic E-state index is 10.7. The van der Waals surface area contributed by atoms with Gasteiger partial charge in [-0.25, -0.2) is 0 Å². The summed E-state index contributed by atoms with van der Waals surface area (Å²) in [4.78, 5) is 22.6. The summed E-state index contributed by atoms with van der Waals surface area (Å²) in [6.45, 7) is 3.86. The molecule has 0 atom stereocenters. The van der Waals surface area contributed by atoms with Crippen LogP contribution >= 0.6 is 12.4 Å². The van der Waals surface area contributed by atoms with Gasteiger partial charge in [-0.1, -0.05) is 6.92 Å². The molecule has 8 heteroatoms. The minimum absolute atomic E-state index is 0. The summed E-state index contributed by atoms with van der Waals surface area (Å²) >= 11 is 0. The van der Waals surface area contributed by atoms with E-state index in [0.717, 1.165) is 13.0 Å². The highest BCUT2D eigenvalue weighted by molar-refractivity contribution is 5.85. The van der Waals surface area contributed by atoms with Crippen molar-refractivity contribution in [2.45, 2.75) is 19.8 Å². The fraction of sp³-hybridized carbons (Fsp3) is 0.500. The first-order valence-electron chi connectivity index (χ1n) is 6.84. The molecular formula is C14H21ClN2O5. The van der Waals surface area contributed by atoms with Gasteiger partial charge in [0.05, 0.1) is 18.1 Å². The predicted octanol–water partition coefficient (Wildman–Crippen LogP) is 2.58. The maximum Gasteiger partial charge on any atom is 0.317 e. The number of hydrogen-bond donors (Lipinski definition) is 1. The molecule has 1 aromatic carbocycles. The number of hydrogen-bond acceptors (Lipinski definition) is 5. The Morgan fingerprint density at radius 3 is 2.45 bits per heavy atom. The van der Waals surface area contributed by atoms with Gasteiger partial charge in [0.15, 0.2) is 0 Å². The number of carbonyl (C=O) groups is 1. The van der Waals surface area contributed by atoms with Gasteiger partial charge < -0.3 is 9.84 Å². The topological polar surface area (TPSA) is 92.9 Å². The second-order valence-electron chi connectivity index (χ2n) is 4.62. The standard InChI is InChI=1S/C14H20N2O5.ClH/c1-2-8-15(11-14(17)18)9-3-10-21-13-6-4-12(5-7-13)16(19)20;/h4-7H,2-3,8-11H2,1H3,(H,17,18);1H. The fourth-order valence-electron chi connectivity index (χ4n) is 1.92. The molecule has 0 aliphatic rings. The zero-order valence-electron chi connectivity index (χ0n) is 12.4. The van der Waals surface area contributed by atoms with E-state index >= 15 is 0 Å². The van der Waals surface area contributed by atoms with E-state index in [4.69, 9.17) is 9.84 Å². The molecule has 0 bridgehead atoms. The van der Waals surface area contributed by atoms with Gasteiger partial charge in [0.1, 0.15) is 5.75 Å². The lowest BCUT2D eigenvalue weighted by molar-refractivity contribution is -0.384. The van der Waals surface area contributed by atoms with Crippen LogP contribution in [-0.4, -0.2) is 47.1 Å². The molecule has 0 aliphatic heterocycles. The van der Waals surface area contributed by atoms with Crippen molar-refractivity contribution in [2.75, 3.05) is 26.2 Å². The third-order valence-corrected chi connectivity index (χ3v) is 2.83. The maximum absolute atomic E-state index is 10.7. The van der Waals surface area contributed by atoms with Crippen molar-refractivity contribution in [2.24, 2.45) is 0 Å². The SMILES string of the molecule is CCCN(CCCOc1ccc([N+](=O)[O-])cc1)CC(=O)O.Cl. The molecular weight excluding hydrogens is 312 g/mol. The average Bonchev–Trinajstić information content (AvgIpc) is 2.43. The molecule has 0 amide bonds. The highest BCUT2D eigenvalue weighted by Crippen LogP contribution is 2.17. The van der Waals surface area contributed by atoms with Gasteiger partial charge in [0.2, 0.25) is 0 Å². The summed E-state index contributed by atoms with van der Waals surface area (Å²) in [6, 6.07) is 5.89. The van der Waals surface area contributed by atoms with Gasteiger partial charge in [0, 0.05) is 18.7 Å². The third kappa shape index (κ3) is 7.80. The van der Waals surface area contributed by atoms with Gasteiger partial charge in [0.25, 0.3) is 5.69 Å². The summed E-state index contributed by atoms with van der Waals surface area (Å²) in [5, 5.41) is 19.3. The Labute approximate surface area is 135 Å². The molecule has 22 heavy (non-hydrogen) atoms. The number of benzene rings is 1. The smallest absolute Gasteiger partial charge is 0.317 e. The number of non-ortho nitro benzene ring substituents is 1. The summed E-state index contributed by atoms with van der Waals surface area (Å²) in [5.74, 6) is -0.263. The second kappa shape index (κ2) is 10.8. The van der Waals surface area contributed by atoms with Crippen molar-refractivity contribution in [1.29, 1.82) is 0 Å². The van der Waals surface area contributed by atoms with E-state index in [1.165, 1.54) is 12.1 Å². The van der Waals surface area contributed by atoms with Crippen LogP contribution in [0, 0.1) is 10.1 Å². The van der Waals surface area contributed by atoms with Crippen molar-refractivity contribution < 1.29 is 19.6 Å². The molecule has 7 nitrogen and oxygen atoms in total. The zero-order chi connectivity index (χ0) is 15.7. The lowest BCUT2D eigenvalue weighted by Gasteiger charge is -2.19.